The fraction of sp³-hybridized carbons (Fsp3) is 0.947. The van der Waals surface area contributed by atoms with Crippen LogP contribution in [0.1, 0.15) is 0 Å². The average Bonchev–Trinajstić information content (AvgIpc) is 2.89. The lowest BCUT2D eigenvalue weighted by Gasteiger charge is -2.49. The minimum Gasteiger partial charge on any atom is -0.394 e. The number of nitrogens with zero attached hydrogens (tertiary/aromatic N) is 1. The van der Waals surface area contributed by atoms with Gasteiger partial charge in [-0.3, -0.25) is 0 Å². The number of nitrogens with two attached hydrogens (primary N) is 3. The van der Waals surface area contributed by atoms with E-state index in [1.54, 1.807) is 0 Å². The Hall–Kier alpha value is -1.26. The Bertz CT molecular complexity index is 805. The zero-order chi connectivity index (χ0) is 27.7. The number of hydrogen-bond donors (Lipinski definition) is 11. The van der Waals surface area contributed by atoms with Crippen LogP contribution in [0.3, 0.4) is 0 Å². The van der Waals surface area contributed by atoms with Crippen molar-refractivity contribution in [2.75, 3.05) is 19.8 Å². The maximum Gasteiger partial charge on any atom is 0.238 e. The van der Waals surface area contributed by atoms with Gasteiger partial charge in [0.15, 0.2) is 18.9 Å². The van der Waals surface area contributed by atoms with E-state index in [0.29, 0.717) is 0 Å². The molecule has 0 bridgehead atoms. The summed E-state index contributed by atoms with van der Waals surface area (Å²) in [4.78, 5) is 14.1. The highest BCUT2D eigenvalue weighted by Crippen LogP contribution is 2.34. The molecule has 3 aliphatic heterocycles. The summed E-state index contributed by atoms with van der Waals surface area (Å²) in [7, 11) is 0. The van der Waals surface area contributed by atoms with Gasteiger partial charge < -0.3 is 81.7 Å². The molecule has 18 heteroatoms. The lowest BCUT2D eigenvalue weighted by molar-refractivity contribution is -0.359. The minimum absolute atomic E-state index is 0.688. The summed E-state index contributed by atoms with van der Waals surface area (Å²) in [5.74, 6) is 0. The van der Waals surface area contributed by atoms with Gasteiger partial charge in [0.2, 0.25) is 11.8 Å². The van der Waals surface area contributed by atoms with Crippen LogP contribution in [0.2, 0.25) is 0 Å². The van der Waals surface area contributed by atoms with Crippen molar-refractivity contribution in [3.05, 3.63) is 0 Å². The van der Waals surface area contributed by atoms with Crippen molar-refractivity contribution >= 4 is 6.08 Å². The van der Waals surface area contributed by atoms with Crippen molar-refractivity contribution in [3.8, 4) is 0 Å². The van der Waals surface area contributed by atoms with Gasteiger partial charge in [-0.05, 0) is 0 Å². The number of aliphatic hydroxyl groups excluding tert-OH is 8. The smallest absolute Gasteiger partial charge is 0.238 e. The Balaban J connectivity index is 1.78. The molecule has 0 aliphatic carbocycles. The summed E-state index contributed by atoms with van der Waals surface area (Å²) >= 11 is 0. The van der Waals surface area contributed by atoms with E-state index in [2.05, 4.69) is 4.99 Å². The van der Waals surface area contributed by atoms with Gasteiger partial charge >= 0.3 is 0 Å². The number of rotatable bonds is 8. The SMILES string of the molecule is N[C@H]1[C@@H](OC2[C@@H](CO)O[C@@H](OC3[C@@H](CO)O[C@@H](O)[C@H](N)[C@H]3O)[C@H](N)[C@H]2O)O[C@@](CO)(N=C=O)[C@@H](O)[C@@H]1O. The van der Waals surface area contributed by atoms with E-state index < -0.39 is 111 Å². The van der Waals surface area contributed by atoms with Crippen molar-refractivity contribution in [1.29, 1.82) is 0 Å². The van der Waals surface area contributed by atoms with Crippen molar-refractivity contribution < 1.29 is 69.3 Å². The average molecular weight is 542 g/mol. The number of carbonyl (C=O) groups excluding carboxylic acids is 1. The third kappa shape index (κ3) is 5.71. The first-order chi connectivity index (χ1) is 17.5. The number of aliphatic hydroxyl groups is 8. The zero-order valence-electron chi connectivity index (χ0n) is 19.4. The Morgan fingerprint density at radius 3 is 1.84 bits per heavy atom. The Morgan fingerprint density at radius 1 is 0.784 bits per heavy atom. The highest BCUT2D eigenvalue weighted by Gasteiger charge is 2.56. The van der Waals surface area contributed by atoms with E-state index in [9.17, 15) is 45.6 Å². The molecule has 37 heavy (non-hydrogen) atoms. The molecule has 3 fully saturated rings. The van der Waals surface area contributed by atoms with Crippen LogP contribution in [0.4, 0.5) is 0 Å². The largest absolute Gasteiger partial charge is 0.394 e. The van der Waals surface area contributed by atoms with Crippen LogP contribution in [0.5, 0.6) is 0 Å². The molecule has 3 heterocycles. The molecule has 3 rings (SSSR count). The Morgan fingerprint density at radius 2 is 1.30 bits per heavy atom. The molecule has 0 aromatic carbocycles. The molecule has 0 spiro atoms. The molecule has 3 saturated heterocycles. The van der Waals surface area contributed by atoms with Gasteiger partial charge in [-0.1, -0.05) is 0 Å². The molecule has 0 saturated carbocycles. The van der Waals surface area contributed by atoms with Gasteiger partial charge in [0, 0.05) is 0 Å². The molecule has 3 aliphatic rings. The summed E-state index contributed by atoms with van der Waals surface area (Å²) in [6, 6.07) is -4.22. The topological polar surface area (TPSA) is 315 Å². The van der Waals surface area contributed by atoms with Crippen molar-refractivity contribution in [2.45, 2.75) is 91.6 Å². The molecule has 0 amide bonds. The van der Waals surface area contributed by atoms with Crippen LogP contribution in [0.15, 0.2) is 4.99 Å². The number of aliphatic imine (C=N–C) groups is 1. The molecule has 0 radical (unpaired) electrons. The highest BCUT2D eigenvalue weighted by atomic mass is 16.7. The van der Waals surface area contributed by atoms with E-state index in [1.165, 1.54) is 0 Å². The summed E-state index contributed by atoms with van der Waals surface area (Å²) in [5, 5.41) is 80.7. The Kier molecular flexibility index (Phi) is 10.1. The first kappa shape index (κ1) is 30.3. The van der Waals surface area contributed by atoms with Crippen LogP contribution in [0, 0.1) is 0 Å². The second-order valence-electron chi connectivity index (χ2n) is 9.02. The predicted octanol–water partition coefficient (Wildman–Crippen LogP) is -8.01. The third-order valence-electron chi connectivity index (χ3n) is 6.68. The molecule has 18 nitrogen and oxygen atoms in total. The number of hydrogen-bond acceptors (Lipinski definition) is 18. The fourth-order valence-electron chi connectivity index (χ4n) is 4.40. The molecule has 0 aromatic heterocycles. The van der Waals surface area contributed by atoms with Gasteiger partial charge in [0.05, 0.1) is 37.9 Å². The molecule has 14 N–H and O–H groups in total. The normalized spacial score (nSPS) is 50.9. The van der Waals surface area contributed by atoms with Gasteiger partial charge in [-0.15, -0.1) is 0 Å². The lowest BCUT2D eigenvalue weighted by atomic mass is 9.92. The number of isocyanates is 1. The van der Waals surface area contributed by atoms with Crippen LogP contribution in [-0.4, -0.2) is 158 Å². The monoisotopic (exact) mass is 542 g/mol. The molecule has 0 aromatic rings. The molecule has 214 valence electrons. The molecular weight excluding hydrogens is 508 g/mol. The molecule has 2 unspecified atom stereocenters. The van der Waals surface area contributed by atoms with E-state index in [0.717, 1.165) is 6.08 Å². The van der Waals surface area contributed by atoms with Crippen molar-refractivity contribution in [2.24, 2.45) is 22.2 Å². The first-order valence-corrected chi connectivity index (χ1v) is 11.3. The van der Waals surface area contributed by atoms with E-state index in [-0.39, 0.29) is 0 Å². The second kappa shape index (κ2) is 12.3. The van der Waals surface area contributed by atoms with E-state index >= 15 is 0 Å². The van der Waals surface area contributed by atoms with Gasteiger partial charge in [0.1, 0.15) is 48.8 Å². The predicted molar refractivity (Wildman–Crippen MR) is 114 cm³/mol. The maximum absolute atomic E-state index is 10.9. The lowest BCUT2D eigenvalue weighted by Crippen LogP contribution is -2.71. The summed E-state index contributed by atoms with van der Waals surface area (Å²) in [6.07, 6.45) is -16.2. The highest BCUT2D eigenvalue weighted by molar-refractivity contribution is 5.35. The number of ether oxygens (including phenoxy) is 5. The van der Waals surface area contributed by atoms with Crippen molar-refractivity contribution in [1.82, 2.24) is 0 Å². The van der Waals surface area contributed by atoms with Crippen LogP contribution in [0.25, 0.3) is 0 Å². The van der Waals surface area contributed by atoms with Crippen LogP contribution < -0.4 is 17.2 Å². The summed E-state index contributed by atoms with van der Waals surface area (Å²) in [5.41, 5.74) is 15.2. The zero-order valence-corrected chi connectivity index (χ0v) is 19.4. The van der Waals surface area contributed by atoms with Crippen molar-refractivity contribution in [3.63, 3.8) is 0 Å². The quantitative estimate of drug-likeness (QED) is 0.100. The summed E-state index contributed by atoms with van der Waals surface area (Å²) in [6.45, 7) is -2.55. The minimum atomic E-state index is -2.38. The fourth-order valence-corrected chi connectivity index (χ4v) is 4.40. The van der Waals surface area contributed by atoms with Gasteiger partial charge in [-0.2, -0.15) is 4.99 Å². The first-order valence-electron chi connectivity index (χ1n) is 11.3. The van der Waals surface area contributed by atoms with E-state index in [4.69, 9.17) is 40.9 Å². The van der Waals surface area contributed by atoms with Crippen LogP contribution >= 0.6 is 0 Å². The molecular formula is C19H34N4O14. The second-order valence-corrected chi connectivity index (χ2v) is 9.02. The molecule has 15 atom stereocenters. The van der Waals surface area contributed by atoms with Gasteiger partial charge in [-0.25, -0.2) is 4.79 Å². The summed E-state index contributed by atoms with van der Waals surface area (Å²) < 4.78 is 27.4. The van der Waals surface area contributed by atoms with E-state index in [1.807, 2.05) is 0 Å². The van der Waals surface area contributed by atoms with Gasteiger partial charge in [0.25, 0.3) is 0 Å². The standard InChI is InChI=1S/C19H34N4O14/c20-7-10(28)13(5(1-24)33-16(7)32)35-17-8(21)11(29)14(6(2-25)34-17)36-18-9(22)12(30)15(31)19(3-26,37-18)23-4-27/h5-18,24-26,28-32H,1-3,20-22H2/t5-,6-,7-,8-,9-,10-,11-,12-,13?,14?,15+,16-,17+,18+,19-/m1/s1. The third-order valence-corrected chi connectivity index (χ3v) is 6.68. The maximum atomic E-state index is 10.9. The Labute approximate surface area is 209 Å². The van der Waals surface area contributed by atoms with Crippen LogP contribution in [-0.2, 0) is 28.5 Å².